The molecule has 2 aromatic rings. The quantitative estimate of drug-likeness (QED) is 0.347. The maximum absolute atomic E-state index is 5.04. The average molecular weight is 272 g/mol. The van der Waals surface area contributed by atoms with Gasteiger partial charge in [-0.05, 0) is 24.7 Å². The number of aryl methyl sites for hydroxylation is 1. The van der Waals surface area contributed by atoms with E-state index in [1.54, 1.807) is 12.3 Å². The SMILES string of the molecule is C=CCNC(=S)N/N=C/c1c[nH]c2c(C)cccc12. The first-order valence-electron chi connectivity index (χ1n) is 5.97. The van der Waals surface area contributed by atoms with Gasteiger partial charge in [-0.15, -0.1) is 6.58 Å². The smallest absolute Gasteiger partial charge is 0.187 e. The van der Waals surface area contributed by atoms with Crippen LogP contribution < -0.4 is 10.7 Å². The molecular formula is C14H16N4S. The molecule has 1 heterocycles. The van der Waals surface area contributed by atoms with Crippen molar-refractivity contribution in [3.8, 4) is 0 Å². The van der Waals surface area contributed by atoms with Crippen molar-refractivity contribution < 1.29 is 0 Å². The maximum atomic E-state index is 5.04. The Balaban J connectivity index is 2.07. The molecule has 4 nitrogen and oxygen atoms in total. The lowest BCUT2D eigenvalue weighted by atomic mass is 10.1. The van der Waals surface area contributed by atoms with Crippen molar-refractivity contribution in [1.29, 1.82) is 0 Å². The summed E-state index contributed by atoms with van der Waals surface area (Å²) in [6, 6.07) is 6.17. The van der Waals surface area contributed by atoms with Gasteiger partial charge < -0.3 is 10.3 Å². The lowest BCUT2D eigenvalue weighted by Crippen LogP contribution is -2.31. The van der Waals surface area contributed by atoms with E-state index in [-0.39, 0.29) is 0 Å². The van der Waals surface area contributed by atoms with Gasteiger partial charge in [0.05, 0.1) is 6.21 Å². The summed E-state index contributed by atoms with van der Waals surface area (Å²) in [6.07, 6.45) is 5.42. The number of H-pyrrole nitrogens is 1. The highest BCUT2D eigenvalue weighted by Gasteiger charge is 2.02. The minimum Gasteiger partial charge on any atom is -0.360 e. The van der Waals surface area contributed by atoms with Gasteiger partial charge in [0.15, 0.2) is 5.11 Å². The first kappa shape index (κ1) is 13.3. The molecular weight excluding hydrogens is 256 g/mol. The van der Waals surface area contributed by atoms with E-state index >= 15 is 0 Å². The van der Waals surface area contributed by atoms with Crippen molar-refractivity contribution in [2.75, 3.05) is 6.54 Å². The average Bonchev–Trinajstić information content (AvgIpc) is 2.81. The molecule has 98 valence electrons. The third kappa shape index (κ3) is 3.20. The molecule has 0 bridgehead atoms. The summed E-state index contributed by atoms with van der Waals surface area (Å²) in [4.78, 5) is 3.25. The molecule has 0 atom stereocenters. The summed E-state index contributed by atoms with van der Waals surface area (Å²) < 4.78 is 0. The molecule has 0 aliphatic carbocycles. The van der Waals surface area contributed by atoms with E-state index in [0.717, 1.165) is 16.5 Å². The highest BCUT2D eigenvalue weighted by Crippen LogP contribution is 2.19. The van der Waals surface area contributed by atoms with Crippen LogP contribution in [0.15, 0.2) is 42.2 Å². The normalized spacial score (nSPS) is 10.8. The zero-order chi connectivity index (χ0) is 13.7. The Bertz CT molecular complexity index is 627. The van der Waals surface area contributed by atoms with E-state index in [1.807, 2.05) is 12.3 Å². The Hall–Kier alpha value is -2.14. The minimum atomic E-state index is 0.479. The highest BCUT2D eigenvalue weighted by atomic mass is 32.1. The van der Waals surface area contributed by atoms with E-state index in [0.29, 0.717) is 11.7 Å². The predicted molar refractivity (Wildman–Crippen MR) is 84.6 cm³/mol. The van der Waals surface area contributed by atoms with E-state index in [9.17, 15) is 0 Å². The summed E-state index contributed by atoms with van der Waals surface area (Å²) in [5, 5.41) is 8.68. The second-order valence-electron chi connectivity index (χ2n) is 4.11. The van der Waals surface area contributed by atoms with Crippen molar-refractivity contribution in [2.24, 2.45) is 5.10 Å². The maximum Gasteiger partial charge on any atom is 0.187 e. The summed E-state index contributed by atoms with van der Waals surface area (Å²) in [6.45, 7) is 6.30. The fourth-order valence-corrected chi connectivity index (χ4v) is 1.94. The number of para-hydroxylation sites is 1. The molecule has 1 aromatic heterocycles. The van der Waals surface area contributed by atoms with E-state index in [1.165, 1.54) is 5.56 Å². The molecule has 0 aliphatic rings. The fraction of sp³-hybridized carbons (Fsp3) is 0.143. The zero-order valence-corrected chi connectivity index (χ0v) is 11.6. The monoisotopic (exact) mass is 272 g/mol. The molecule has 2 rings (SSSR count). The number of hydrogen-bond donors (Lipinski definition) is 3. The molecule has 5 heteroatoms. The number of aromatic amines is 1. The van der Waals surface area contributed by atoms with Crippen LogP contribution in [0.4, 0.5) is 0 Å². The summed E-state index contributed by atoms with van der Waals surface area (Å²) in [7, 11) is 0. The van der Waals surface area contributed by atoms with E-state index in [2.05, 4.69) is 46.5 Å². The molecule has 0 amide bonds. The molecule has 0 spiro atoms. The minimum absolute atomic E-state index is 0.479. The van der Waals surface area contributed by atoms with Gasteiger partial charge in [-0.3, -0.25) is 5.43 Å². The number of fused-ring (bicyclic) bond motifs is 1. The van der Waals surface area contributed by atoms with Crippen LogP contribution in [0.3, 0.4) is 0 Å². The van der Waals surface area contributed by atoms with Crippen LogP contribution in [0.2, 0.25) is 0 Å². The Kier molecular flexibility index (Phi) is 4.30. The fourth-order valence-electron chi connectivity index (χ4n) is 1.80. The second kappa shape index (κ2) is 6.15. The standard InChI is InChI=1S/C14H16N4S/c1-3-7-15-14(19)18-17-9-11-8-16-13-10(2)5-4-6-12(11)13/h3-6,8-9,16H,1,7H2,2H3,(H2,15,18,19)/b17-9+. The lowest BCUT2D eigenvalue weighted by molar-refractivity contribution is 0.942. The van der Waals surface area contributed by atoms with E-state index < -0.39 is 0 Å². The molecule has 0 aliphatic heterocycles. The highest BCUT2D eigenvalue weighted by molar-refractivity contribution is 7.80. The first-order valence-corrected chi connectivity index (χ1v) is 6.37. The Morgan fingerprint density at radius 3 is 3.16 bits per heavy atom. The van der Waals surface area contributed by atoms with Gasteiger partial charge in [0.2, 0.25) is 0 Å². The molecule has 0 saturated carbocycles. The largest absolute Gasteiger partial charge is 0.360 e. The number of thiocarbonyl (C=S) groups is 1. The first-order chi connectivity index (χ1) is 9.22. The predicted octanol–water partition coefficient (Wildman–Crippen LogP) is 2.46. The van der Waals surface area contributed by atoms with Gasteiger partial charge in [-0.1, -0.05) is 24.3 Å². The third-order valence-corrected chi connectivity index (χ3v) is 2.97. The van der Waals surface area contributed by atoms with Gasteiger partial charge in [-0.2, -0.15) is 5.10 Å². The Morgan fingerprint density at radius 1 is 1.53 bits per heavy atom. The van der Waals surface area contributed by atoms with Crippen molar-refractivity contribution in [3.63, 3.8) is 0 Å². The summed E-state index contributed by atoms with van der Waals surface area (Å²) in [5.41, 5.74) is 6.14. The number of hydrogen-bond acceptors (Lipinski definition) is 2. The Labute approximate surface area is 117 Å². The number of benzene rings is 1. The summed E-state index contributed by atoms with van der Waals surface area (Å²) in [5.74, 6) is 0. The van der Waals surface area contributed by atoms with Crippen molar-refractivity contribution in [3.05, 3.63) is 48.2 Å². The van der Waals surface area contributed by atoms with E-state index in [4.69, 9.17) is 12.2 Å². The topological polar surface area (TPSA) is 52.2 Å². The molecule has 3 N–H and O–H groups in total. The third-order valence-electron chi connectivity index (χ3n) is 2.73. The molecule has 0 fully saturated rings. The van der Waals surface area contributed by atoms with Crippen LogP contribution in [0, 0.1) is 6.92 Å². The van der Waals surface area contributed by atoms with Crippen LogP contribution in [0.25, 0.3) is 10.9 Å². The molecule has 0 saturated heterocycles. The number of hydrazone groups is 1. The van der Waals surface area contributed by atoms with Gasteiger partial charge in [0, 0.05) is 29.2 Å². The van der Waals surface area contributed by atoms with Crippen molar-refractivity contribution in [2.45, 2.75) is 6.92 Å². The number of nitrogens with zero attached hydrogens (tertiary/aromatic N) is 1. The van der Waals surface area contributed by atoms with Gasteiger partial charge in [0.25, 0.3) is 0 Å². The van der Waals surface area contributed by atoms with Crippen LogP contribution in [-0.4, -0.2) is 22.9 Å². The Morgan fingerprint density at radius 2 is 2.37 bits per heavy atom. The van der Waals surface area contributed by atoms with Crippen LogP contribution in [0.1, 0.15) is 11.1 Å². The van der Waals surface area contributed by atoms with Gasteiger partial charge in [-0.25, -0.2) is 0 Å². The number of aromatic nitrogens is 1. The molecule has 0 unspecified atom stereocenters. The molecule has 1 aromatic carbocycles. The zero-order valence-electron chi connectivity index (χ0n) is 10.7. The van der Waals surface area contributed by atoms with Crippen LogP contribution in [-0.2, 0) is 0 Å². The number of nitrogens with one attached hydrogen (secondary N) is 3. The van der Waals surface area contributed by atoms with Crippen LogP contribution >= 0.6 is 12.2 Å². The van der Waals surface area contributed by atoms with Crippen molar-refractivity contribution in [1.82, 2.24) is 15.7 Å². The van der Waals surface area contributed by atoms with Gasteiger partial charge >= 0.3 is 0 Å². The van der Waals surface area contributed by atoms with Gasteiger partial charge in [0.1, 0.15) is 0 Å². The van der Waals surface area contributed by atoms with Crippen molar-refractivity contribution >= 4 is 34.4 Å². The molecule has 0 radical (unpaired) electrons. The van der Waals surface area contributed by atoms with Crippen LogP contribution in [0.5, 0.6) is 0 Å². The number of rotatable bonds is 4. The lowest BCUT2D eigenvalue weighted by Gasteiger charge is -2.02. The summed E-state index contributed by atoms with van der Waals surface area (Å²) >= 11 is 5.04. The molecule has 19 heavy (non-hydrogen) atoms. The second-order valence-corrected chi connectivity index (χ2v) is 4.52.